The Bertz CT molecular complexity index is 495. The number of hydrogen-bond donors (Lipinski definition) is 0. The number of carbonyl (C=O) groups is 1. The van der Waals surface area contributed by atoms with Gasteiger partial charge in [-0.3, -0.25) is 4.79 Å². The molecule has 0 aliphatic carbocycles. The summed E-state index contributed by atoms with van der Waals surface area (Å²) in [5.74, 6) is -0.0294. The molecule has 0 saturated carbocycles. The molecule has 2 aromatic heterocycles. The Morgan fingerprint density at radius 2 is 2.35 bits per heavy atom. The van der Waals surface area contributed by atoms with Crippen LogP contribution in [0.15, 0.2) is 23.0 Å². The van der Waals surface area contributed by atoms with Crippen LogP contribution < -0.4 is 0 Å². The molecule has 0 N–H and O–H groups in total. The van der Waals surface area contributed by atoms with Gasteiger partial charge < -0.3 is 4.90 Å². The summed E-state index contributed by atoms with van der Waals surface area (Å²) in [6.07, 6.45) is 0. The third-order valence-electron chi connectivity index (χ3n) is 2.30. The summed E-state index contributed by atoms with van der Waals surface area (Å²) < 4.78 is 0.747. The summed E-state index contributed by atoms with van der Waals surface area (Å²) in [6, 6.07) is 3.80. The smallest absolute Gasteiger partial charge is 0.273 e. The van der Waals surface area contributed by atoms with Crippen molar-refractivity contribution >= 4 is 40.2 Å². The van der Waals surface area contributed by atoms with Crippen molar-refractivity contribution in [2.45, 2.75) is 13.5 Å². The highest BCUT2D eigenvalue weighted by molar-refractivity contribution is 7.16. The first-order chi connectivity index (χ1) is 8.20. The first kappa shape index (κ1) is 12.5. The highest BCUT2D eigenvalue weighted by atomic mass is 35.5. The van der Waals surface area contributed by atoms with Crippen molar-refractivity contribution in [3.63, 3.8) is 0 Å². The van der Waals surface area contributed by atoms with E-state index in [1.807, 2.05) is 19.1 Å². The summed E-state index contributed by atoms with van der Waals surface area (Å²) in [5, 5.41) is 1.77. The Kier molecular flexibility index (Phi) is 4.15. The summed E-state index contributed by atoms with van der Waals surface area (Å²) in [5.41, 5.74) is 2.18. The van der Waals surface area contributed by atoms with E-state index in [0.717, 1.165) is 9.21 Å². The summed E-state index contributed by atoms with van der Waals surface area (Å²) in [4.78, 5) is 19.0. The van der Waals surface area contributed by atoms with Crippen molar-refractivity contribution in [3.05, 3.63) is 37.9 Å². The van der Waals surface area contributed by atoms with E-state index in [9.17, 15) is 4.79 Å². The molecule has 6 heteroatoms. The average molecular weight is 287 g/mol. The molecule has 17 heavy (non-hydrogen) atoms. The van der Waals surface area contributed by atoms with Gasteiger partial charge in [0.15, 0.2) is 0 Å². The standard InChI is InChI=1S/C11H11ClN2OS2/c1-2-14(5-8-3-4-10(12)17-8)11(15)9-6-16-7-13-9/h3-4,6-7H,2,5H2,1H3. The van der Waals surface area contributed by atoms with E-state index in [1.165, 1.54) is 22.7 Å². The van der Waals surface area contributed by atoms with E-state index in [-0.39, 0.29) is 5.91 Å². The number of thiazole rings is 1. The summed E-state index contributed by atoms with van der Waals surface area (Å²) in [6.45, 7) is 3.20. The number of nitrogens with zero attached hydrogens (tertiary/aromatic N) is 2. The fraction of sp³-hybridized carbons (Fsp3) is 0.273. The van der Waals surface area contributed by atoms with E-state index in [1.54, 1.807) is 15.8 Å². The maximum absolute atomic E-state index is 12.1. The van der Waals surface area contributed by atoms with Gasteiger partial charge in [-0.1, -0.05) is 11.6 Å². The average Bonchev–Trinajstić information content (AvgIpc) is 2.96. The molecule has 2 heterocycles. The van der Waals surface area contributed by atoms with Gasteiger partial charge in [0.25, 0.3) is 5.91 Å². The van der Waals surface area contributed by atoms with Crippen LogP contribution in [0.1, 0.15) is 22.3 Å². The normalized spacial score (nSPS) is 10.5. The highest BCUT2D eigenvalue weighted by Crippen LogP contribution is 2.23. The zero-order valence-electron chi connectivity index (χ0n) is 9.22. The van der Waals surface area contributed by atoms with Crippen LogP contribution in [0.3, 0.4) is 0 Å². The lowest BCUT2D eigenvalue weighted by molar-refractivity contribution is 0.0749. The zero-order valence-corrected chi connectivity index (χ0v) is 11.6. The van der Waals surface area contributed by atoms with Gasteiger partial charge in [0.05, 0.1) is 16.4 Å². The van der Waals surface area contributed by atoms with Crippen molar-refractivity contribution in [3.8, 4) is 0 Å². The molecule has 1 amide bonds. The molecule has 0 bridgehead atoms. The number of thiophene rings is 1. The van der Waals surface area contributed by atoms with Crippen molar-refractivity contribution in [1.29, 1.82) is 0 Å². The van der Waals surface area contributed by atoms with Crippen LogP contribution in [-0.4, -0.2) is 22.3 Å². The molecule has 0 atom stereocenters. The predicted molar refractivity (Wildman–Crippen MR) is 71.9 cm³/mol. The van der Waals surface area contributed by atoms with Crippen LogP contribution in [-0.2, 0) is 6.54 Å². The number of hydrogen-bond acceptors (Lipinski definition) is 4. The van der Waals surface area contributed by atoms with Gasteiger partial charge in [0.1, 0.15) is 5.69 Å². The Balaban J connectivity index is 2.09. The van der Waals surface area contributed by atoms with Gasteiger partial charge >= 0.3 is 0 Å². The summed E-state index contributed by atoms with van der Waals surface area (Å²) >= 11 is 8.80. The minimum atomic E-state index is -0.0294. The molecule has 0 saturated heterocycles. The Morgan fingerprint density at radius 1 is 1.53 bits per heavy atom. The van der Waals surface area contributed by atoms with E-state index in [0.29, 0.717) is 18.8 Å². The Labute approximate surface area is 113 Å². The minimum absolute atomic E-state index is 0.0294. The topological polar surface area (TPSA) is 33.2 Å². The molecular formula is C11H11ClN2OS2. The molecule has 0 radical (unpaired) electrons. The van der Waals surface area contributed by atoms with E-state index in [2.05, 4.69) is 4.98 Å². The van der Waals surface area contributed by atoms with Crippen LogP contribution >= 0.6 is 34.3 Å². The maximum atomic E-state index is 12.1. The summed E-state index contributed by atoms with van der Waals surface area (Å²) in [7, 11) is 0. The molecule has 2 aromatic rings. The molecule has 0 fully saturated rings. The van der Waals surface area contributed by atoms with Gasteiger partial charge in [-0.05, 0) is 19.1 Å². The fourth-order valence-electron chi connectivity index (χ4n) is 1.43. The molecular weight excluding hydrogens is 276 g/mol. The van der Waals surface area contributed by atoms with Gasteiger partial charge in [0.2, 0.25) is 0 Å². The number of aromatic nitrogens is 1. The Hall–Kier alpha value is -0.910. The third-order valence-corrected chi connectivity index (χ3v) is 4.10. The van der Waals surface area contributed by atoms with Gasteiger partial charge in [0, 0.05) is 16.8 Å². The third kappa shape index (κ3) is 3.06. The highest BCUT2D eigenvalue weighted by Gasteiger charge is 2.16. The number of amides is 1. The Morgan fingerprint density at radius 3 is 2.88 bits per heavy atom. The first-order valence-corrected chi connectivity index (χ1v) is 7.26. The second kappa shape index (κ2) is 5.62. The molecule has 2 rings (SSSR count). The molecule has 0 spiro atoms. The van der Waals surface area contributed by atoms with Crippen molar-refractivity contribution < 1.29 is 4.79 Å². The lowest BCUT2D eigenvalue weighted by atomic mass is 10.3. The minimum Gasteiger partial charge on any atom is -0.332 e. The van der Waals surface area contributed by atoms with Gasteiger partial charge in [-0.25, -0.2) is 4.98 Å². The second-order valence-corrected chi connectivity index (χ2v) is 5.92. The first-order valence-electron chi connectivity index (χ1n) is 5.12. The lowest BCUT2D eigenvalue weighted by Crippen LogP contribution is -2.30. The van der Waals surface area contributed by atoms with Crippen molar-refractivity contribution in [2.24, 2.45) is 0 Å². The van der Waals surface area contributed by atoms with Crippen LogP contribution in [0, 0.1) is 0 Å². The number of carbonyl (C=O) groups excluding carboxylic acids is 1. The van der Waals surface area contributed by atoms with E-state index < -0.39 is 0 Å². The molecule has 0 unspecified atom stereocenters. The van der Waals surface area contributed by atoms with Crippen LogP contribution in [0.5, 0.6) is 0 Å². The molecule has 90 valence electrons. The largest absolute Gasteiger partial charge is 0.332 e. The number of halogens is 1. The second-order valence-electron chi connectivity index (χ2n) is 3.40. The maximum Gasteiger partial charge on any atom is 0.273 e. The van der Waals surface area contributed by atoms with Crippen LogP contribution in [0.25, 0.3) is 0 Å². The quantitative estimate of drug-likeness (QED) is 0.861. The number of rotatable bonds is 4. The van der Waals surface area contributed by atoms with Crippen molar-refractivity contribution in [1.82, 2.24) is 9.88 Å². The van der Waals surface area contributed by atoms with E-state index in [4.69, 9.17) is 11.6 Å². The van der Waals surface area contributed by atoms with Crippen LogP contribution in [0.4, 0.5) is 0 Å². The SMILES string of the molecule is CCN(Cc1ccc(Cl)s1)C(=O)c1cscn1. The lowest BCUT2D eigenvalue weighted by Gasteiger charge is -2.18. The fourth-order valence-corrected chi connectivity index (χ4v) is 3.06. The molecule has 0 aliphatic heterocycles. The molecule has 0 aliphatic rings. The van der Waals surface area contributed by atoms with Crippen molar-refractivity contribution in [2.75, 3.05) is 6.54 Å². The van der Waals surface area contributed by atoms with Gasteiger partial charge in [-0.15, -0.1) is 22.7 Å². The molecule has 0 aromatic carbocycles. The van der Waals surface area contributed by atoms with Gasteiger partial charge in [-0.2, -0.15) is 0 Å². The molecule has 3 nitrogen and oxygen atoms in total. The van der Waals surface area contributed by atoms with Crippen LogP contribution in [0.2, 0.25) is 4.34 Å². The monoisotopic (exact) mass is 286 g/mol. The predicted octanol–water partition coefficient (Wildman–Crippen LogP) is 3.52. The van der Waals surface area contributed by atoms with E-state index >= 15 is 0 Å². The zero-order chi connectivity index (χ0) is 12.3.